The van der Waals surface area contributed by atoms with E-state index < -0.39 is 5.97 Å². The van der Waals surface area contributed by atoms with E-state index in [9.17, 15) is 4.79 Å². The Labute approximate surface area is 244 Å². The molecule has 11 nitrogen and oxygen atoms in total. The van der Waals surface area contributed by atoms with Crippen molar-refractivity contribution in [3.63, 3.8) is 0 Å². The van der Waals surface area contributed by atoms with Gasteiger partial charge in [-0.05, 0) is 88.6 Å². The molecule has 3 fully saturated rings. The lowest BCUT2D eigenvalue weighted by Crippen LogP contribution is -2.52. The number of nitrogen functional groups attached to an aromatic ring is 1. The Morgan fingerprint density at radius 1 is 0.975 bits per heavy atom. The maximum atomic E-state index is 10.8. The number of aliphatic carboxylic acids is 1. The summed E-state index contributed by atoms with van der Waals surface area (Å²) in [6, 6.07) is 2.57. The third-order valence-corrected chi connectivity index (χ3v) is 8.93. The lowest BCUT2D eigenvalue weighted by molar-refractivity contribution is -0.135. The highest BCUT2D eigenvalue weighted by molar-refractivity contribution is 7.80. The molecule has 1 aromatic heterocycles. The number of carboxylic acids is 1. The fraction of sp³-hybridized carbons (Fsp3) is 0.786. The minimum Gasteiger partial charge on any atom is -0.480 e. The SMILES string of the molecule is Nc1cc(N2CCN(C(=S)NCC(=O)O)CC2)nc(NCC2CCC(CNCCCNC3CCCCC3)CC2)n1. The smallest absolute Gasteiger partial charge is 0.322 e. The van der Waals surface area contributed by atoms with Crippen molar-refractivity contribution in [2.24, 2.45) is 11.8 Å². The highest BCUT2D eigenvalue weighted by Gasteiger charge is 2.23. The summed E-state index contributed by atoms with van der Waals surface area (Å²) in [4.78, 5) is 24.1. The number of hydrogen-bond donors (Lipinski definition) is 6. The van der Waals surface area contributed by atoms with Gasteiger partial charge < -0.3 is 41.9 Å². The van der Waals surface area contributed by atoms with Crippen LogP contribution in [0.15, 0.2) is 6.07 Å². The maximum absolute atomic E-state index is 10.8. The van der Waals surface area contributed by atoms with Crippen LogP contribution in [-0.2, 0) is 4.79 Å². The zero-order chi connectivity index (χ0) is 28.2. The molecule has 0 radical (unpaired) electrons. The number of carboxylic acid groups (broad SMARTS) is 1. The number of anilines is 3. The van der Waals surface area contributed by atoms with E-state index in [-0.39, 0.29) is 6.54 Å². The summed E-state index contributed by atoms with van der Waals surface area (Å²) in [6.45, 7) is 6.90. The topological polar surface area (TPSA) is 144 Å². The molecule has 2 heterocycles. The molecule has 2 saturated carbocycles. The highest BCUT2D eigenvalue weighted by Crippen LogP contribution is 2.29. The molecule has 0 atom stereocenters. The van der Waals surface area contributed by atoms with E-state index in [1.54, 1.807) is 0 Å². The van der Waals surface area contributed by atoms with Crippen LogP contribution in [-0.4, -0.2) is 96.0 Å². The summed E-state index contributed by atoms with van der Waals surface area (Å²) >= 11 is 5.32. The minimum atomic E-state index is -0.925. The van der Waals surface area contributed by atoms with Gasteiger partial charge in [0.2, 0.25) is 5.95 Å². The Balaban J connectivity index is 1.10. The second kappa shape index (κ2) is 16.1. The normalized spacial score (nSPS) is 22.2. The van der Waals surface area contributed by atoms with Crippen molar-refractivity contribution in [3.8, 4) is 0 Å². The fourth-order valence-electron chi connectivity index (χ4n) is 6.10. The first-order valence-corrected chi connectivity index (χ1v) is 15.7. The number of nitrogens with zero attached hydrogens (tertiary/aromatic N) is 4. The Morgan fingerprint density at radius 3 is 2.38 bits per heavy atom. The zero-order valence-electron chi connectivity index (χ0n) is 23.9. The van der Waals surface area contributed by atoms with Crippen LogP contribution in [0.4, 0.5) is 17.6 Å². The van der Waals surface area contributed by atoms with E-state index in [1.807, 2.05) is 11.0 Å². The lowest BCUT2D eigenvalue weighted by atomic mass is 9.82. The molecule has 1 aromatic rings. The number of piperazine rings is 1. The molecule has 7 N–H and O–H groups in total. The van der Waals surface area contributed by atoms with Crippen molar-refractivity contribution < 1.29 is 9.90 Å². The summed E-state index contributed by atoms with van der Waals surface area (Å²) in [5.41, 5.74) is 6.13. The average Bonchev–Trinajstić information content (AvgIpc) is 2.97. The zero-order valence-corrected chi connectivity index (χ0v) is 24.7. The molecular formula is C28H49N9O2S. The number of rotatable bonds is 13. The molecule has 0 unspecified atom stereocenters. The van der Waals surface area contributed by atoms with E-state index in [0.717, 1.165) is 57.0 Å². The second-order valence-electron chi connectivity index (χ2n) is 11.6. The van der Waals surface area contributed by atoms with Crippen molar-refractivity contribution in [2.75, 3.05) is 74.9 Å². The number of hydrogen-bond acceptors (Lipinski definition) is 9. The quantitative estimate of drug-likeness (QED) is 0.152. The second-order valence-corrected chi connectivity index (χ2v) is 12.0. The number of nitrogens with one attached hydrogen (secondary N) is 4. The summed E-state index contributed by atoms with van der Waals surface area (Å²) < 4.78 is 0. The van der Waals surface area contributed by atoms with Gasteiger partial charge >= 0.3 is 5.97 Å². The molecule has 0 spiro atoms. The molecule has 0 amide bonds. The molecular weight excluding hydrogens is 526 g/mol. The number of thiocarbonyl (C=S) groups is 1. The Bertz CT molecular complexity index is 930. The van der Waals surface area contributed by atoms with Crippen molar-refractivity contribution in [3.05, 3.63) is 6.07 Å². The van der Waals surface area contributed by atoms with E-state index >= 15 is 0 Å². The molecule has 40 heavy (non-hydrogen) atoms. The number of carbonyl (C=O) groups is 1. The largest absolute Gasteiger partial charge is 0.480 e. The van der Waals surface area contributed by atoms with Crippen LogP contribution in [0.5, 0.6) is 0 Å². The highest BCUT2D eigenvalue weighted by atomic mass is 32.1. The molecule has 0 bridgehead atoms. The Hall–Kier alpha value is -2.44. The minimum absolute atomic E-state index is 0.173. The summed E-state index contributed by atoms with van der Waals surface area (Å²) in [7, 11) is 0. The van der Waals surface area contributed by atoms with Gasteiger partial charge in [0.25, 0.3) is 0 Å². The first-order valence-electron chi connectivity index (χ1n) is 15.3. The maximum Gasteiger partial charge on any atom is 0.322 e. The Kier molecular flexibility index (Phi) is 12.3. The molecule has 224 valence electrons. The lowest BCUT2D eigenvalue weighted by Gasteiger charge is -2.36. The average molecular weight is 576 g/mol. The van der Waals surface area contributed by atoms with Crippen molar-refractivity contribution in [2.45, 2.75) is 70.3 Å². The standard InChI is InChI=1S/C28H49N9O2S/c29-24-17-25(36-13-15-37(16-14-36)28(40)33-20-26(38)39)35-27(34-24)32-19-22-9-7-21(8-10-22)18-30-11-4-12-31-23-5-2-1-3-6-23/h17,21-23,30-31H,1-16,18-20H2,(H,33,40)(H,38,39)(H3,29,32,34,35). The van der Waals surface area contributed by atoms with Crippen molar-refractivity contribution >= 4 is 40.9 Å². The predicted molar refractivity (Wildman–Crippen MR) is 165 cm³/mol. The summed E-state index contributed by atoms with van der Waals surface area (Å²) in [5, 5.41) is 23.0. The van der Waals surface area contributed by atoms with Gasteiger partial charge in [-0.2, -0.15) is 9.97 Å². The van der Waals surface area contributed by atoms with Gasteiger partial charge in [0.05, 0.1) is 0 Å². The van der Waals surface area contributed by atoms with Crippen LogP contribution >= 0.6 is 12.2 Å². The van der Waals surface area contributed by atoms with Crippen LogP contribution in [0.25, 0.3) is 0 Å². The number of aromatic nitrogens is 2. The monoisotopic (exact) mass is 575 g/mol. The molecule has 4 rings (SSSR count). The van der Waals surface area contributed by atoms with Gasteiger partial charge in [-0.15, -0.1) is 0 Å². The number of nitrogens with two attached hydrogens (primary N) is 1. The fourth-order valence-corrected chi connectivity index (χ4v) is 6.36. The van der Waals surface area contributed by atoms with Crippen molar-refractivity contribution in [1.82, 2.24) is 30.8 Å². The molecule has 3 aliphatic rings. The van der Waals surface area contributed by atoms with E-state index in [2.05, 4.69) is 31.2 Å². The summed E-state index contributed by atoms with van der Waals surface area (Å²) in [5.74, 6) is 2.34. The Morgan fingerprint density at radius 2 is 1.68 bits per heavy atom. The van der Waals surface area contributed by atoms with Gasteiger partial charge in [0.1, 0.15) is 18.2 Å². The van der Waals surface area contributed by atoms with Crippen LogP contribution in [0.2, 0.25) is 0 Å². The molecule has 1 aliphatic heterocycles. The third kappa shape index (κ3) is 10.2. The first kappa shape index (κ1) is 30.5. The van der Waals surface area contributed by atoms with E-state index in [4.69, 9.17) is 28.0 Å². The molecule has 0 aromatic carbocycles. The van der Waals surface area contributed by atoms with Crippen LogP contribution in [0, 0.1) is 11.8 Å². The van der Waals surface area contributed by atoms with Gasteiger partial charge in [-0.1, -0.05) is 19.3 Å². The molecule has 2 aliphatic carbocycles. The van der Waals surface area contributed by atoms with Crippen molar-refractivity contribution in [1.29, 1.82) is 0 Å². The summed E-state index contributed by atoms with van der Waals surface area (Å²) in [6.07, 6.45) is 13.2. The molecule has 12 heteroatoms. The first-order chi connectivity index (χ1) is 19.5. The van der Waals surface area contributed by atoms with Crippen LogP contribution in [0.1, 0.15) is 64.2 Å². The van der Waals surface area contributed by atoms with Crippen LogP contribution in [0.3, 0.4) is 0 Å². The predicted octanol–water partition coefficient (Wildman–Crippen LogP) is 2.26. The van der Waals surface area contributed by atoms with Crippen LogP contribution < -0.4 is 31.9 Å². The molecule has 1 saturated heterocycles. The van der Waals surface area contributed by atoms with E-state index in [1.165, 1.54) is 64.2 Å². The van der Waals surface area contributed by atoms with Gasteiger partial charge in [-0.25, -0.2) is 0 Å². The van der Waals surface area contributed by atoms with Gasteiger partial charge in [0, 0.05) is 44.8 Å². The van der Waals surface area contributed by atoms with Gasteiger partial charge in [0.15, 0.2) is 5.11 Å². The third-order valence-electron chi connectivity index (χ3n) is 8.53. The van der Waals surface area contributed by atoms with Gasteiger partial charge in [-0.3, -0.25) is 4.79 Å². The van der Waals surface area contributed by atoms with E-state index in [0.29, 0.717) is 35.9 Å².